The summed E-state index contributed by atoms with van der Waals surface area (Å²) in [6.45, 7) is 2.90. The highest BCUT2D eigenvalue weighted by atomic mass is 16.6. The first-order chi connectivity index (χ1) is 8.50. The minimum atomic E-state index is -1.34. The van der Waals surface area contributed by atoms with Gasteiger partial charge < -0.3 is 30.3 Å². The summed E-state index contributed by atoms with van der Waals surface area (Å²) < 4.78 is 10.4. The third-order valence-corrected chi connectivity index (χ3v) is 2.41. The quantitative estimate of drug-likeness (QED) is 0.481. The molecule has 1 aliphatic rings. The number of carboxylic acid groups (broad SMARTS) is 1. The van der Waals surface area contributed by atoms with Gasteiger partial charge in [0.25, 0.3) is 0 Å². The molecule has 1 rings (SSSR count). The number of aliphatic carboxylic acids is 1. The van der Waals surface area contributed by atoms with E-state index in [1.807, 2.05) is 0 Å². The van der Waals surface area contributed by atoms with Crippen LogP contribution in [-0.2, 0) is 14.3 Å². The Labute approximate surface area is 104 Å². The monoisotopic (exact) mass is 262 g/mol. The lowest BCUT2D eigenvalue weighted by Gasteiger charge is -2.24. The van der Waals surface area contributed by atoms with Crippen molar-refractivity contribution in [2.45, 2.75) is 25.2 Å². The Morgan fingerprint density at radius 3 is 2.67 bits per heavy atom. The molecule has 1 saturated heterocycles. The average molecular weight is 262 g/mol. The number of ether oxygens (including phenoxy) is 2. The molecule has 1 aliphatic heterocycles. The van der Waals surface area contributed by atoms with Crippen molar-refractivity contribution < 1.29 is 29.3 Å². The van der Waals surface area contributed by atoms with Crippen LogP contribution in [0.3, 0.4) is 0 Å². The summed E-state index contributed by atoms with van der Waals surface area (Å²) in [6, 6.07) is -2.01. The Hall–Kier alpha value is -1.38. The molecule has 0 radical (unpaired) electrons. The molecule has 1 unspecified atom stereocenters. The molecule has 0 spiro atoms. The van der Waals surface area contributed by atoms with E-state index in [0.717, 1.165) is 0 Å². The molecule has 0 aliphatic carbocycles. The van der Waals surface area contributed by atoms with Gasteiger partial charge in [0.05, 0.1) is 32.0 Å². The number of carbonyl (C=O) groups is 2. The Bertz CT molecular complexity index is 290. The van der Waals surface area contributed by atoms with E-state index >= 15 is 0 Å². The van der Waals surface area contributed by atoms with Crippen LogP contribution in [0.2, 0.25) is 0 Å². The largest absolute Gasteiger partial charge is 0.480 e. The van der Waals surface area contributed by atoms with Gasteiger partial charge in [-0.1, -0.05) is 0 Å². The van der Waals surface area contributed by atoms with E-state index in [-0.39, 0.29) is 12.6 Å². The second-order valence-electron chi connectivity index (χ2n) is 3.98. The maximum Gasteiger partial charge on any atom is 0.328 e. The fraction of sp³-hybridized carbons (Fsp3) is 0.800. The number of rotatable bonds is 5. The van der Waals surface area contributed by atoms with Crippen molar-refractivity contribution in [3.63, 3.8) is 0 Å². The first-order valence-electron chi connectivity index (χ1n) is 5.65. The number of hydrogen-bond donors (Lipinski definition) is 4. The van der Waals surface area contributed by atoms with Gasteiger partial charge in [0.2, 0.25) is 0 Å². The lowest BCUT2D eigenvalue weighted by molar-refractivity contribution is -0.141. The zero-order valence-electron chi connectivity index (χ0n) is 10.1. The molecule has 0 aromatic carbocycles. The summed E-state index contributed by atoms with van der Waals surface area (Å²) in [5, 5.41) is 22.6. The normalized spacial score (nSPS) is 22.9. The number of carboxylic acids is 1. The van der Waals surface area contributed by atoms with Crippen LogP contribution in [0.1, 0.15) is 6.92 Å². The van der Waals surface area contributed by atoms with Crippen LogP contribution >= 0.6 is 0 Å². The Kier molecular flexibility index (Phi) is 5.83. The number of nitrogens with one attached hydrogen (secondary N) is 2. The van der Waals surface area contributed by atoms with Crippen LogP contribution in [0.4, 0.5) is 4.79 Å². The van der Waals surface area contributed by atoms with E-state index in [0.29, 0.717) is 19.8 Å². The van der Waals surface area contributed by atoms with Crippen molar-refractivity contribution in [1.82, 2.24) is 10.6 Å². The van der Waals surface area contributed by atoms with Crippen LogP contribution in [-0.4, -0.2) is 66.8 Å². The molecule has 8 nitrogen and oxygen atoms in total. The van der Waals surface area contributed by atoms with Crippen LogP contribution in [0.25, 0.3) is 0 Å². The highest BCUT2D eigenvalue weighted by Crippen LogP contribution is 1.99. The van der Waals surface area contributed by atoms with Crippen LogP contribution < -0.4 is 10.6 Å². The summed E-state index contributed by atoms with van der Waals surface area (Å²) in [5.41, 5.74) is 0. The number of aliphatic hydroxyl groups excluding tert-OH is 1. The summed E-state index contributed by atoms with van der Waals surface area (Å²) in [4.78, 5) is 22.1. The lowest BCUT2D eigenvalue weighted by Crippen LogP contribution is -2.52. The van der Waals surface area contributed by atoms with Gasteiger partial charge in [-0.05, 0) is 6.92 Å². The maximum absolute atomic E-state index is 11.4. The summed E-state index contributed by atoms with van der Waals surface area (Å²) >= 11 is 0. The third-order valence-electron chi connectivity index (χ3n) is 2.41. The first kappa shape index (κ1) is 14.7. The van der Waals surface area contributed by atoms with Crippen molar-refractivity contribution >= 4 is 12.0 Å². The fourth-order valence-corrected chi connectivity index (χ4v) is 1.44. The van der Waals surface area contributed by atoms with Crippen molar-refractivity contribution in [3.8, 4) is 0 Å². The fourth-order valence-electron chi connectivity index (χ4n) is 1.44. The third kappa shape index (κ3) is 4.86. The number of urea groups is 1. The first-order valence-corrected chi connectivity index (χ1v) is 5.65. The van der Waals surface area contributed by atoms with Crippen molar-refractivity contribution in [1.29, 1.82) is 0 Å². The summed E-state index contributed by atoms with van der Waals surface area (Å²) in [6.07, 6.45) is -1.41. The molecule has 0 bridgehead atoms. The van der Waals surface area contributed by atoms with Gasteiger partial charge >= 0.3 is 12.0 Å². The number of carbonyl (C=O) groups excluding carboxylic acids is 1. The van der Waals surface area contributed by atoms with E-state index in [1.165, 1.54) is 6.92 Å². The maximum atomic E-state index is 11.4. The van der Waals surface area contributed by atoms with E-state index in [9.17, 15) is 14.7 Å². The highest BCUT2D eigenvalue weighted by Gasteiger charge is 2.25. The number of amides is 2. The predicted molar refractivity (Wildman–Crippen MR) is 60.2 cm³/mol. The predicted octanol–water partition coefficient (Wildman–Crippen LogP) is -1.46. The molecule has 0 aromatic rings. The van der Waals surface area contributed by atoms with Crippen LogP contribution in [0, 0.1) is 0 Å². The van der Waals surface area contributed by atoms with Gasteiger partial charge in [0.1, 0.15) is 0 Å². The van der Waals surface area contributed by atoms with Gasteiger partial charge in [-0.2, -0.15) is 0 Å². The van der Waals surface area contributed by atoms with Crippen LogP contribution in [0.15, 0.2) is 0 Å². The average Bonchev–Trinajstić information content (AvgIpc) is 2.34. The van der Waals surface area contributed by atoms with E-state index in [4.69, 9.17) is 14.6 Å². The van der Waals surface area contributed by atoms with Gasteiger partial charge in [-0.15, -0.1) is 0 Å². The molecule has 8 heteroatoms. The minimum absolute atomic E-state index is 0.220. The van der Waals surface area contributed by atoms with Crippen molar-refractivity contribution in [3.05, 3.63) is 0 Å². The van der Waals surface area contributed by atoms with Gasteiger partial charge in [-0.25, -0.2) is 9.59 Å². The lowest BCUT2D eigenvalue weighted by atomic mass is 10.2. The molecule has 2 amide bonds. The van der Waals surface area contributed by atoms with E-state index < -0.39 is 24.1 Å². The number of hydrogen-bond acceptors (Lipinski definition) is 5. The SMILES string of the molecule is C[C@@H](O)[C@H](NC(=O)NCC1COCCO1)C(=O)O. The highest BCUT2D eigenvalue weighted by molar-refractivity contribution is 5.82. The zero-order chi connectivity index (χ0) is 13.5. The van der Waals surface area contributed by atoms with Gasteiger partial charge in [-0.3, -0.25) is 0 Å². The Balaban J connectivity index is 2.29. The second-order valence-corrected chi connectivity index (χ2v) is 3.98. The Morgan fingerprint density at radius 1 is 1.44 bits per heavy atom. The summed E-state index contributed by atoms with van der Waals surface area (Å²) in [5.74, 6) is -1.29. The second kappa shape index (κ2) is 7.14. The molecule has 3 atom stereocenters. The molecule has 0 saturated carbocycles. The van der Waals surface area contributed by atoms with Gasteiger partial charge in [0.15, 0.2) is 6.04 Å². The minimum Gasteiger partial charge on any atom is -0.480 e. The Morgan fingerprint density at radius 2 is 2.17 bits per heavy atom. The van der Waals surface area contributed by atoms with E-state index in [2.05, 4.69) is 10.6 Å². The molecule has 0 aromatic heterocycles. The molecular weight excluding hydrogens is 244 g/mol. The molecule has 1 heterocycles. The molecule has 18 heavy (non-hydrogen) atoms. The van der Waals surface area contributed by atoms with Gasteiger partial charge in [0, 0.05) is 6.54 Å². The standard InChI is InChI=1S/C10H18N2O6/c1-6(13)8(9(14)15)12-10(16)11-4-7-5-17-2-3-18-7/h6-8,13H,2-5H2,1H3,(H,14,15)(H2,11,12,16)/t6-,7?,8+/m1/s1. The number of aliphatic hydroxyl groups is 1. The topological polar surface area (TPSA) is 117 Å². The smallest absolute Gasteiger partial charge is 0.328 e. The van der Waals surface area contributed by atoms with Crippen LogP contribution in [0.5, 0.6) is 0 Å². The molecule has 1 fully saturated rings. The molecule has 4 N–H and O–H groups in total. The molecule has 104 valence electrons. The van der Waals surface area contributed by atoms with Crippen molar-refractivity contribution in [2.75, 3.05) is 26.4 Å². The van der Waals surface area contributed by atoms with E-state index in [1.54, 1.807) is 0 Å². The van der Waals surface area contributed by atoms with Crippen molar-refractivity contribution in [2.24, 2.45) is 0 Å². The summed E-state index contributed by atoms with van der Waals surface area (Å²) in [7, 11) is 0. The molecular formula is C10H18N2O6. The zero-order valence-corrected chi connectivity index (χ0v) is 10.1.